The summed E-state index contributed by atoms with van der Waals surface area (Å²) in [6.45, 7) is 1.89. The maximum atomic E-state index is 8.83. The van der Waals surface area contributed by atoms with E-state index in [2.05, 4.69) is 26.7 Å². The Morgan fingerprint density at radius 1 is 1.47 bits per heavy atom. The molecule has 3 nitrogen and oxygen atoms in total. The molecule has 1 aromatic carbocycles. The molecular formula is C10H11BrO3Y-2. The van der Waals surface area contributed by atoms with Crippen LogP contribution in [0.2, 0.25) is 0 Å². The van der Waals surface area contributed by atoms with E-state index in [1.54, 1.807) is 0 Å². The zero-order valence-electron chi connectivity index (χ0n) is 8.40. The summed E-state index contributed by atoms with van der Waals surface area (Å²) < 4.78 is 9.02. The zero-order chi connectivity index (χ0) is 10.6. The molecule has 0 saturated heterocycles. The maximum absolute atomic E-state index is 8.83. The Labute approximate surface area is 124 Å². The van der Waals surface area contributed by atoms with Crippen LogP contribution in [0.3, 0.4) is 0 Å². The van der Waals surface area contributed by atoms with Gasteiger partial charge in [-0.15, -0.1) is 12.1 Å². The van der Waals surface area contributed by atoms with Crippen LogP contribution in [-0.4, -0.2) is 25.5 Å². The standard InChI is InChI=1S/C8H8BrO.C2H3O2.Y/c9-6-7-10-8-4-2-1-3-5-8;1-4-2-3;/h2-5H,6-7H2;1H3;/q2*-1;. The first-order chi connectivity index (χ1) is 6.85. The molecule has 5 heteroatoms. The van der Waals surface area contributed by atoms with Crippen molar-refractivity contribution in [1.82, 2.24) is 0 Å². The van der Waals surface area contributed by atoms with Crippen LogP contribution < -0.4 is 4.74 Å². The van der Waals surface area contributed by atoms with Gasteiger partial charge >= 0.3 is 0 Å². The number of methoxy groups -OCH3 is 1. The Hall–Kier alpha value is 0.0739. The molecule has 81 valence electrons. The molecule has 0 saturated carbocycles. The minimum Gasteiger partial charge on any atom is -0.655 e. The minimum atomic E-state index is 0. The van der Waals surface area contributed by atoms with Gasteiger partial charge in [0, 0.05) is 50.9 Å². The summed E-state index contributed by atoms with van der Waals surface area (Å²) in [5.41, 5.74) is 0. The van der Waals surface area contributed by atoms with Gasteiger partial charge in [-0.2, -0.15) is 18.2 Å². The third-order valence-corrected chi connectivity index (χ3v) is 1.44. The van der Waals surface area contributed by atoms with Gasteiger partial charge < -0.3 is 14.3 Å². The summed E-state index contributed by atoms with van der Waals surface area (Å²) in [4.78, 5) is 8.83. The van der Waals surface area contributed by atoms with Gasteiger partial charge in [-0.25, -0.2) is 0 Å². The monoisotopic (exact) mass is 347 g/mol. The predicted molar refractivity (Wildman–Crippen MR) is 57.3 cm³/mol. The number of rotatable bonds is 4. The Morgan fingerprint density at radius 3 is 2.40 bits per heavy atom. The van der Waals surface area contributed by atoms with E-state index < -0.39 is 0 Å². The van der Waals surface area contributed by atoms with Gasteiger partial charge in [0.2, 0.25) is 0 Å². The van der Waals surface area contributed by atoms with Gasteiger partial charge in [-0.1, -0.05) is 22.4 Å². The second-order valence-corrected chi connectivity index (χ2v) is 2.85. The molecule has 0 heterocycles. The van der Waals surface area contributed by atoms with Crippen LogP contribution in [-0.2, 0) is 42.2 Å². The molecule has 0 aliphatic carbocycles. The number of carbonyl (C=O) groups excluding carboxylic acids is 1. The fourth-order valence-electron chi connectivity index (χ4n) is 0.624. The molecule has 0 aliphatic rings. The Kier molecular flexibility index (Phi) is 16.4. The quantitative estimate of drug-likeness (QED) is 0.617. The third kappa shape index (κ3) is 12.0. The van der Waals surface area contributed by atoms with E-state index in [9.17, 15) is 0 Å². The van der Waals surface area contributed by atoms with Gasteiger partial charge in [0.1, 0.15) is 0 Å². The van der Waals surface area contributed by atoms with Crippen molar-refractivity contribution in [3.05, 3.63) is 30.3 Å². The molecule has 0 amide bonds. The topological polar surface area (TPSA) is 35.5 Å². The van der Waals surface area contributed by atoms with Crippen LogP contribution in [0.4, 0.5) is 0 Å². The van der Waals surface area contributed by atoms with Crippen molar-refractivity contribution in [2.75, 3.05) is 19.0 Å². The SMILES string of the molecule is BrCCOc1cc[c-]cc1.CO[C-]=O.[Y]. The summed E-state index contributed by atoms with van der Waals surface area (Å²) in [6.07, 6.45) is 0. The molecule has 0 spiro atoms. The summed E-state index contributed by atoms with van der Waals surface area (Å²) >= 11 is 3.27. The van der Waals surface area contributed by atoms with Crippen molar-refractivity contribution in [1.29, 1.82) is 0 Å². The van der Waals surface area contributed by atoms with Crippen molar-refractivity contribution in [2.45, 2.75) is 0 Å². The number of hydrogen-bond acceptors (Lipinski definition) is 3. The van der Waals surface area contributed by atoms with Crippen molar-refractivity contribution < 1.29 is 47.0 Å². The van der Waals surface area contributed by atoms with Crippen LogP contribution in [0.1, 0.15) is 0 Å². The molecule has 0 atom stereocenters. The number of hydrogen-bond donors (Lipinski definition) is 0. The maximum Gasteiger partial charge on any atom is 0.0947 e. The molecule has 1 radical (unpaired) electrons. The number of ether oxygens (including phenoxy) is 2. The van der Waals surface area contributed by atoms with E-state index in [0.717, 1.165) is 11.1 Å². The molecule has 0 aliphatic heterocycles. The van der Waals surface area contributed by atoms with Gasteiger partial charge in [0.15, 0.2) is 0 Å². The average Bonchev–Trinajstić information content (AvgIpc) is 2.28. The van der Waals surface area contributed by atoms with E-state index in [-0.39, 0.29) is 32.7 Å². The molecule has 1 aromatic rings. The van der Waals surface area contributed by atoms with Crippen LogP contribution >= 0.6 is 15.9 Å². The fourth-order valence-corrected chi connectivity index (χ4v) is 0.786. The number of halogens is 1. The van der Waals surface area contributed by atoms with E-state index in [4.69, 9.17) is 9.53 Å². The van der Waals surface area contributed by atoms with E-state index in [1.165, 1.54) is 13.6 Å². The van der Waals surface area contributed by atoms with Crippen LogP contribution in [0.15, 0.2) is 24.3 Å². The van der Waals surface area contributed by atoms with Crippen molar-refractivity contribution in [2.24, 2.45) is 0 Å². The van der Waals surface area contributed by atoms with Gasteiger partial charge in [0.25, 0.3) is 0 Å². The van der Waals surface area contributed by atoms with Crippen LogP contribution in [0.25, 0.3) is 0 Å². The van der Waals surface area contributed by atoms with E-state index >= 15 is 0 Å². The second kappa shape index (κ2) is 14.1. The molecular weight excluding hydrogens is 337 g/mol. The molecule has 0 aromatic heterocycles. The van der Waals surface area contributed by atoms with Gasteiger partial charge in [0.05, 0.1) is 6.61 Å². The number of alkyl halides is 1. The van der Waals surface area contributed by atoms with Crippen LogP contribution in [0.5, 0.6) is 5.75 Å². The summed E-state index contributed by atoms with van der Waals surface area (Å²) in [5, 5.41) is 0.867. The van der Waals surface area contributed by atoms with Crippen molar-refractivity contribution in [3.63, 3.8) is 0 Å². The van der Waals surface area contributed by atoms with E-state index in [1.807, 2.05) is 24.3 Å². The Morgan fingerprint density at radius 2 is 2.00 bits per heavy atom. The summed E-state index contributed by atoms with van der Waals surface area (Å²) in [5.74, 6) is 0.901. The van der Waals surface area contributed by atoms with Crippen molar-refractivity contribution in [3.8, 4) is 5.75 Å². The van der Waals surface area contributed by atoms with Crippen LogP contribution in [0, 0.1) is 6.07 Å². The average molecular weight is 348 g/mol. The first-order valence-corrected chi connectivity index (χ1v) is 5.02. The molecule has 0 unspecified atom stereocenters. The Balaban J connectivity index is 0. The predicted octanol–water partition coefficient (Wildman–Crippen LogP) is 1.96. The molecule has 0 fully saturated rings. The first-order valence-electron chi connectivity index (χ1n) is 3.90. The normalized spacial score (nSPS) is 7.60. The smallest absolute Gasteiger partial charge is 0.0947 e. The molecule has 1 rings (SSSR count). The second-order valence-electron chi connectivity index (χ2n) is 2.06. The zero-order valence-corrected chi connectivity index (χ0v) is 12.8. The largest absolute Gasteiger partial charge is 0.655 e. The molecule has 15 heavy (non-hydrogen) atoms. The molecule has 0 bridgehead atoms. The van der Waals surface area contributed by atoms with E-state index in [0.29, 0.717) is 6.61 Å². The molecule has 0 N–H and O–H groups in total. The fraction of sp³-hybridized carbons (Fsp3) is 0.300. The summed E-state index contributed by atoms with van der Waals surface area (Å²) in [6, 6.07) is 10.4. The summed E-state index contributed by atoms with van der Waals surface area (Å²) in [7, 11) is 1.26. The Bertz CT molecular complexity index is 231. The van der Waals surface area contributed by atoms with Gasteiger partial charge in [-0.05, 0) is 0 Å². The number of benzene rings is 1. The van der Waals surface area contributed by atoms with Gasteiger partial charge in [-0.3, -0.25) is 0 Å². The first kappa shape index (κ1) is 17.5. The van der Waals surface area contributed by atoms with Crippen molar-refractivity contribution >= 4 is 22.4 Å². The minimum absolute atomic E-state index is 0. The third-order valence-electron chi connectivity index (χ3n) is 1.12.